The second kappa shape index (κ2) is 11.6. The number of hydrogen-bond acceptors (Lipinski definition) is 5. The molecule has 1 unspecified atom stereocenters. The molecular formula is C28H35N3O4. The van der Waals surface area contributed by atoms with E-state index >= 15 is 0 Å². The van der Waals surface area contributed by atoms with E-state index in [2.05, 4.69) is 17.4 Å². The topological polar surface area (TPSA) is 99.6 Å². The highest BCUT2D eigenvalue weighted by molar-refractivity contribution is 5.94. The summed E-state index contributed by atoms with van der Waals surface area (Å²) < 4.78 is 0. The van der Waals surface area contributed by atoms with Crippen molar-refractivity contribution in [1.29, 1.82) is 0 Å². The zero-order valence-corrected chi connectivity index (χ0v) is 20.5. The lowest BCUT2D eigenvalue weighted by Gasteiger charge is -2.35. The molecule has 4 rings (SSSR count). The molecule has 1 aromatic heterocycles. The molecule has 1 saturated heterocycles. The maximum absolute atomic E-state index is 12.7. The van der Waals surface area contributed by atoms with Gasteiger partial charge >= 0.3 is 5.97 Å². The molecule has 1 aliphatic carbocycles. The number of carbonyl (C=O) groups is 3. The maximum atomic E-state index is 12.7. The quantitative estimate of drug-likeness (QED) is 0.422. The largest absolute Gasteiger partial charge is 0.480 e. The lowest BCUT2D eigenvalue weighted by atomic mass is 9.93. The molecule has 1 fully saturated rings. The Kier molecular flexibility index (Phi) is 8.29. The highest BCUT2D eigenvalue weighted by atomic mass is 16.4. The highest BCUT2D eigenvalue weighted by Crippen LogP contribution is 2.28. The van der Waals surface area contributed by atoms with Crippen LogP contribution in [0.25, 0.3) is 0 Å². The van der Waals surface area contributed by atoms with Crippen LogP contribution >= 0.6 is 0 Å². The summed E-state index contributed by atoms with van der Waals surface area (Å²) in [5.74, 6) is -1.00. The van der Waals surface area contributed by atoms with Crippen molar-refractivity contribution in [3.05, 3.63) is 64.5 Å². The molecule has 0 bridgehead atoms. The maximum Gasteiger partial charge on any atom is 0.325 e. The zero-order chi connectivity index (χ0) is 24.8. The second-order valence-electron chi connectivity index (χ2n) is 9.74. The van der Waals surface area contributed by atoms with Gasteiger partial charge in [0.2, 0.25) is 5.91 Å². The van der Waals surface area contributed by atoms with Crippen LogP contribution in [-0.4, -0.2) is 52.3 Å². The Morgan fingerprint density at radius 2 is 1.77 bits per heavy atom. The van der Waals surface area contributed by atoms with Gasteiger partial charge in [0.1, 0.15) is 6.04 Å². The minimum atomic E-state index is -0.917. The Bertz CT molecular complexity index is 1060. The third-order valence-corrected chi connectivity index (χ3v) is 7.28. The molecule has 2 heterocycles. The van der Waals surface area contributed by atoms with Crippen molar-refractivity contribution in [3.63, 3.8) is 0 Å². The molecule has 1 aromatic carbocycles. The normalized spacial score (nSPS) is 17.4. The molecule has 1 aliphatic heterocycles. The van der Waals surface area contributed by atoms with E-state index in [1.54, 1.807) is 24.3 Å². The number of hydrogen-bond donors (Lipinski definition) is 2. The minimum absolute atomic E-state index is 0.0470. The number of carboxylic acid groups (broad SMARTS) is 1. The monoisotopic (exact) mass is 477 g/mol. The van der Waals surface area contributed by atoms with Crippen LogP contribution < -0.4 is 5.32 Å². The van der Waals surface area contributed by atoms with E-state index in [4.69, 9.17) is 4.98 Å². The Hall–Kier alpha value is -3.06. The Morgan fingerprint density at radius 1 is 1.06 bits per heavy atom. The highest BCUT2D eigenvalue weighted by Gasteiger charge is 2.33. The van der Waals surface area contributed by atoms with E-state index in [0.29, 0.717) is 43.6 Å². The summed E-state index contributed by atoms with van der Waals surface area (Å²) in [6, 6.07) is 10.3. The first-order chi connectivity index (χ1) is 16.9. The number of carbonyl (C=O) groups excluding carboxylic acids is 2. The van der Waals surface area contributed by atoms with Crippen LogP contribution in [0.1, 0.15) is 77.9 Å². The number of aromatic nitrogens is 1. The van der Waals surface area contributed by atoms with Crippen molar-refractivity contribution in [3.8, 4) is 0 Å². The number of nitrogens with one attached hydrogen (secondary N) is 1. The predicted octanol–water partition coefficient (Wildman–Crippen LogP) is 3.75. The summed E-state index contributed by atoms with van der Waals surface area (Å²) in [4.78, 5) is 42.9. The fraction of sp³-hybridized carbons (Fsp3) is 0.500. The average molecular weight is 478 g/mol. The zero-order valence-electron chi connectivity index (χ0n) is 20.5. The Morgan fingerprint density at radius 3 is 2.46 bits per heavy atom. The van der Waals surface area contributed by atoms with Gasteiger partial charge in [-0.2, -0.15) is 0 Å². The number of benzene rings is 1. The molecule has 0 saturated carbocycles. The lowest BCUT2D eigenvalue weighted by Crippen LogP contribution is -2.44. The first-order valence-electron chi connectivity index (χ1n) is 12.8. The third kappa shape index (κ3) is 6.34. The number of Topliss-reactive ketones (excluding diaryl/α,β-unsaturated/α-hetero) is 1. The van der Waals surface area contributed by atoms with Crippen molar-refractivity contribution in [2.24, 2.45) is 5.92 Å². The van der Waals surface area contributed by atoms with Gasteiger partial charge in [0, 0.05) is 42.5 Å². The lowest BCUT2D eigenvalue weighted by molar-refractivity contribution is -0.144. The molecule has 1 atom stereocenters. The minimum Gasteiger partial charge on any atom is -0.480 e. The van der Waals surface area contributed by atoms with Gasteiger partial charge in [-0.3, -0.25) is 24.3 Å². The van der Waals surface area contributed by atoms with Crippen LogP contribution in [0, 0.1) is 5.92 Å². The van der Waals surface area contributed by atoms with Gasteiger partial charge in [0.15, 0.2) is 5.78 Å². The van der Waals surface area contributed by atoms with Gasteiger partial charge in [-0.15, -0.1) is 0 Å². The Balaban J connectivity index is 1.22. The Labute approximate surface area is 206 Å². The number of fused-ring (bicyclic) bond motifs is 1. The first kappa shape index (κ1) is 25.0. The number of nitrogens with zero attached hydrogens (tertiary/aromatic N) is 2. The molecule has 0 spiro atoms. The van der Waals surface area contributed by atoms with Crippen LogP contribution in [0.2, 0.25) is 0 Å². The van der Waals surface area contributed by atoms with E-state index < -0.39 is 12.0 Å². The van der Waals surface area contributed by atoms with E-state index in [9.17, 15) is 19.5 Å². The number of aliphatic carboxylic acids is 1. The van der Waals surface area contributed by atoms with Crippen LogP contribution in [-0.2, 0) is 28.9 Å². The number of rotatable bonds is 9. The van der Waals surface area contributed by atoms with Crippen molar-refractivity contribution < 1.29 is 19.5 Å². The van der Waals surface area contributed by atoms with Crippen molar-refractivity contribution in [2.45, 2.75) is 64.3 Å². The predicted molar refractivity (Wildman–Crippen MR) is 133 cm³/mol. The number of piperidine rings is 1. The number of ketones is 1. The van der Waals surface area contributed by atoms with Gasteiger partial charge < -0.3 is 10.4 Å². The molecule has 7 nitrogen and oxygen atoms in total. The van der Waals surface area contributed by atoms with E-state index in [0.717, 1.165) is 31.4 Å². The van der Waals surface area contributed by atoms with E-state index in [1.807, 2.05) is 4.90 Å². The molecule has 2 N–H and O–H groups in total. The van der Waals surface area contributed by atoms with Crippen LogP contribution in [0.15, 0.2) is 36.4 Å². The molecule has 1 amide bonds. The molecule has 0 radical (unpaired) electrons. The summed E-state index contributed by atoms with van der Waals surface area (Å²) in [5, 5.41) is 12.9. The van der Waals surface area contributed by atoms with Crippen LogP contribution in [0.4, 0.5) is 0 Å². The second-order valence-corrected chi connectivity index (χ2v) is 9.74. The van der Waals surface area contributed by atoms with E-state index in [-0.39, 0.29) is 17.6 Å². The van der Waals surface area contributed by atoms with E-state index in [1.165, 1.54) is 31.0 Å². The number of aryl methyl sites for hydroxylation is 3. The molecule has 35 heavy (non-hydrogen) atoms. The summed E-state index contributed by atoms with van der Waals surface area (Å²) in [5.41, 5.74) is 4.96. The summed E-state index contributed by atoms with van der Waals surface area (Å²) in [7, 11) is 0. The summed E-state index contributed by atoms with van der Waals surface area (Å²) in [6.07, 6.45) is 7.66. The standard InChI is InChI=1S/C28H35N3O4/c1-19(32)20-8-10-22(11-9-20)26(28(34)35)31-17-14-23(15-18-31)27(33)29-16-4-6-24-13-12-21-5-2-3-7-25(21)30-24/h8-13,23,26H,2-7,14-18H2,1H3,(H,29,33)(H,34,35). The number of likely N-dealkylation sites (tertiary alicyclic amines) is 1. The average Bonchev–Trinajstić information content (AvgIpc) is 2.87. The van der Waals surface area contributed by atoms with Crippen molar-refractivity contribution >= 4 is 17.7 Å². The van der Waals surface area contributed by atoms with Gasteiger partial charge in [-0.05, 0) is 75.5 Å². The fourth-order valence-corrected chi connectivity index (χ4v) is 5.22. The summed E-state index contributed by atoms with van der Waals surface area (Å²) in [6.45, 7) is 3.20. The first-order valence-corrected chi connectivity index (χ1v) is 12.8. The van der Waals surface area contributed by atoms with Crippen LogP contribution in [0.3, 0.4) is 0 Å². The molecule has 2 aliphatic rings. The van der Waals surface area contributed by atoms with Gasteiger partial charge in [-0.1, -0.05) is 30.3 Å². The molecule has 186 valence electrons. The molecular weight excluding hydrogens is 442 g/mol. The fourth-order valence-electron chi connectivity index (χ4n) is 5.22. The smallest absolute Gasteiger partial charge is 0.325 e. The third-order valence-electron chi connectivity index (χ3n) is 7.28. The number of carboxylic acids is 1. The SMILES string of the molecule is CC(=O)c1ccc(C(C(=O)O)N2CCC(C(=O)NCCCc3ccc4c(n3)CCCC4)CC2)cc1. The van der Waals surface area contributed by atoms with Crippen molar-refractivity contribution in [1.82, 2.24) is 15.2 Å². The molecule has 2 aromatic rings. The summed E-state index contributed by atoms with van der Waals surface area (Å²) >= 11 is 0. The number of pyridine rings is 1. The van der Waals surface area contributed by atoms with Gasteiger partial charge in [0.05, 0.1) is 0 Å². The number of amides is 1. The van der Waals surface area contributed by atoms with Crippen LogP contribution in [0.5, 0.6) is 0 Å². The van der Waals surface area contributed by atoms with Gasteiger partial charge in [-0.25, -0.2) is 0 Å². The van der Waals surface area contributed by atoms with Crippen molar-refractivity contribution in [2.75, 3.05) is 19.6 Å². The van der Waals surface area contributed by atoms with Gasteiger partial charge in [0.25, 0.3) is 0 Å². The molecule has 7 heteroatoms.